The van der Waals surface area contributed by atoms with Gasteiger partial charge in [-0.25, -0.2) is 4.39 Å². The largest absolute Gasteiger partial charge is 0.455 e. The Morgan fingerprint density at radius 1 is 1.08 bits per heavy atom. The van der Waals surface area contributed by atoms with Crippen molar-refractivity contribution in [3.05, 3.63) is 83.2 Å². The summed E-state index contributed by atoms with van der Waals surface area (Å²) in [5.41, 5.74) is 10.2. The van der Waals surface area contributed by atoms with Crippen LogP contribution in [0.25, 0.3) is 33.4 Å². The first-order valence-electron chi connectivity index (χ1n) is 11.7. The van der Waals surface area contributed by atoms with Crippen LogP contribution >= 0.6 is 0 Å². The normalized spacial score (nSPS) is 13.1. The van der Waals surface area contributed by atoms with E-state index in [1.807, 2.05) is 18.2 Å². The molecule has 0 aliphatic heterocycles. The van der Waals surface area contributed by atoms with Gasteiger partial charge in [0.2, 0.25) is 0 Å². The smallest absolute Gasteiger partial charge is 0.255 e. The molecule has 1 saturated carbocycles. The third-order valence-corrected chi connectivity index (χ3v) is 6.54. The summed E-state index contributed by atoms with van der Waals surface area (Å²) in [6.45, 7) is -0.0806. The predicted octanol–water partition coefficient (Wildman–Crippen LogP) is 4.28. The van der Waals surface area contributed by atoms with Gasteiger partial charge in [-0.2, -0.15) is 0 Å². The average molecular weight is 488 g/mol. The number of hydrogen-bond donors (Lipinski definition) is 3. The molecule has 1 aromatic heterocycles. The Labute approximate surface area is 207 Å². The molecule has 2 amide bonds. The van der Waals surface area contributed by atoms with E-state index in [2.05, 4.69) is 5.32 Å². The van der Waals surface area contributed by atoms with Crippen molar-refractivity contribution < 1.29 is 23.5 Å². The van der Waals surface area contributed by atoms with Crippen LogP contribution < -0.4 is 11.1 Å². The van der Waals surface area contributed by atoms with E-state index in [1.165, 1.54) is 24.1 Å². The number of amides is 2. The number of aliphatic hydroxyl groups excluding tert-OH is 1. The molecule has 1 aliphatic carbocycles. The van der Waals surface area contributed by atoms with Gasteiger partial charge in [0.15, 0.2) is 0 Å². The second-order valence-electron chi connectivity index (χ2n) is 8.83. The average Bonchev–Trinajstić information content (AvgIpc) is 3.67. The summed E-state index contributed by atoms with van der Waals surface area (Å²) in [6, 6.07) is 16.6. The van der Waals surface area contributed by atoms with E-state index in [9.17, 15) is 19.1 Å². The molecule has 0 spiro atoms. The quantitative estimate of drug-likeness (QED) is 0.337. The molecule has 4 aromatic rings. The lowest BCUT2D eigenvalue weighted by Crippen LogP contribution is -2.33. The second-order valence-corrected chi connectivity index (χ2v) is 8.83. The maximum Gasteiger partial charge on any atom is 0.255 e. The summed E-state index contributed by atoms with van der Waals surface area (Å²) in [4.78, 5) is 27.4. The van der Waals surface area contributed by atoms with E-state index in [4.69, 9.17) is 10.2 Å². The van der Waals surface area contributed by atoms with Crippen LogP contribution in [0.4, 0.5) is 4.39 Å². The highest BCUT2D eigenvalue weighted by molar-refractivity contribution is 6.12. The van der Waals surface area contributed by atoms with Crippen LogP contribution in [0, 0.1) is 5.82 Å². The zero-order valence-corrected chi connectivity index (χ0v) is 19.8. The van der Waals surface area contributed by atoms with Crippen molar-refractivity contribution in [3.63, 3.8) is 0 Å². The number of furan rings is 1. The van der Waals surface area contributed by atoms with Gasteiger partial charge in [-0.05, 0) is 78.1 Å². The number of benzene rings is 3. The molecule has 3 aromatic carbocycles. The summed E-state index contributed by atoms with van der Waals surface area (Å²) in [5.74, 6) is -0.619. The van der Waals surface area contributed by atoms with Crippen LogP contribution in [-0.2, 0) is 6.54 Å². The van der Waals surface area contributed by atoms with Gasteiger partial charge in [-0.1, -0.05) is 12.1 Å². The number of hydrogen-bond acceptors (Lipinski definition) is 5. The molecule has 8 heteroatoms. The molecule has 0 atom stereocenters. The molecule has 7 nitrogen and oxygen atoms in total. The van der Waals surface area contributed by atoms with Crippen LogP contribution in [0.3, 0.4) is 0 Å². The minimum Gasteiger partial charge on any atom is -0.455 e. The topological polar surface area (TPSA) is 109 Å². The minimum absolute atomic E-state index is 0.0717. The molecule has 184 valence electrons. The van der Waals surface area contributed by atoms with Gasteiger partial charge in [0.25, 0.3) is 11.8 Å². The van der Waals surface area contributed by atoms with Crippen molar-refractivity contribution in [2.45, 2.75) is 25.4 Å². The van der Waals surface area contributed by atoms with E-state index in [0.717, 1.165) is 29.5 Å². The fraction of sp³-hybridized carbons (Fsp3) is 0.214. The van der Waals surface area contributed by atoms with Crippen LogP contribution in [0.15, 0.2) is 65.1 Å². The van der Waals surface area contributed by atoms with Gasteiger partial charge in [-0.3, -0.25) is 9.59 Å². The number of carbonyl (C=O) groups excluding carboxylic acids is 2. The zero-order chi connectivity index (χ0) is 25.4. The number of nitrogens with one attached hydrogen (secondary N) is 1. The molecular formula is C28H26FN3O4. The standard InChI is InChI=1S/C28H26FN3O4/c1-31-27(34)25-23-12-17(6-11-24(23)36-26(25)16-4-7-20(29)8-5-16)22-13-18(2-3-19(22)14-30)28(35)32(15-33)21-9-10-21/h2-8,11-13,21,33H,9-10,14-15,30H2,1H3,(H,31,34). The molecule has 0 saturated heterocycles. The number of carbonyl (C=O) groups is 2. The molecule has 1 aliphatic rings. The van der Waals surface area contributed by atoms with Gasteiger partial charge in [0.1, 0.15) is 23.9 Å². The van der Waals surface area contributed by atoms with Crippen LogP contribution in [0.2, 0.25) is 0 Å². The second kappa shape index (κ2) is 9.56. The fourth-order valence-corrected chi connectivity index (χ4v) is 4.47. The molecule has 1 fully saturated rings. The number of nitrogens with zero attached hydrogens (tertiary/aromatic N) is 1. The Morgan fingerprint density at radius 3 is 2.44 bits per heavy atom. The number of rotatable bonds is 7. The molecule has 4 N–H and O–H groups in total. The first-order chi connectivity index (χ1) is 17.4. The Bertz CT molecular complexity index is 1460. The minimum atomic E-state index is -0.385. The Kier molecular flexibility index (Phi) is 6.30. The maximum atomic E-state index is 13.5. The molecule has 0 bridgehead atoms. The van der Waals surface area contributed by atoms with Gasteiger partial charge < -0.3 is 25.5 Å². The molecule has 36 heavy (non-hydrogen) atoms. The third kappa shape index (κ3) is 4.25. The van der Waals surface area contributed by atoms with Crippen LogP contribution in [0.5, 0.6) is 0 Å². The summed E-state index contributed by atoms with van der Waals surface area (Å²) in [5, 5.41) is 12.9. The van der Waals surface area contributed by atoms with Crippen molar-refractivity contribution in [2.75, 3.05) is 13.8 Å². The van der Waals surface area contributed by atoms with E-state index in [1.54, 1.807) is 30.3 Å². The summed E-state index contributed by atoms with van der Waals surface area (Å²) in [7, 11) is 1.54. The Balaban J connectivity index is 1.64. The fourth-order valence-electron chi connectivity index (χ4n) is 4.47. The monoisotopic (exact) mass is 487 g/mol. The zero-order valence-electron chi connectivity index (χ0n) is 19.8. The number of halogens is 1. The van der Waals surface area contributed by atoms with Crippen molar-refractivity contribution in [1.82, 2.24) is 10.2 Å². The van der Waals surface area contributed by atoms with E-state index in [-0.39, 0.29) is 36.9 Å². The summed E-state index contributed by atoms with van der Waals surface area (Å²) >= 11 is 0. The lowest BCUT2D eigenvalue weighted by atomic mass is 9.95. The molecule has 1 heterocycles. The number of nitrogens with two attached hydrogens (primary N) is 1. The van der Waals surface area contributed by atoms with Gasteiger partial charge in [0, 0.05) is 36.1 Å². The highest BCUT2D eigenvalue weighted by Crippen LogP contribution is 2.37. The predicted molar refractivity (Wildman–Crippen MR) is 135 cm³/mol. The van der Waals surface area contributed by atoms with Crippen molar-refractivity contribution in [2.24, 2.45) is 5.73 Å². The Morgan fingerprint density at radius 2 is 1.81 bits per heavy atom. The van der Waals surface area contributed by atoms with Gasteiger partial charge in [0.05, 0.1) is 5.56 Å². The van der Waals surface area contributed by atoms with E-state index in [0.29, 0.717) is 33.4 Å². The molecule has 0 unspecified atom stereocenters. The summed E-state index contributed by atoms with van der Waals surface area (Å²) in [6.07, 6.45) is 1.77. The SMILES string of the molecule is CNC(=O)c1c(-c2ccc(F)cc2)oc2ccc(-c3cc(C(=O)N(CO)C4CC4)ccc3CN)cc12. The molecule has 5 rings (SSSR count). The first kappa shape index (κ1) is 23.7. The van der Waals surface area contributed by atoms with E-state index >= 15 is 0 Å². The van der Waals surface area contributed by atoms with E-state index < -0.39 is 0 Å². The third-order valence-electron chi connectivity index (χ3n) is 6.54. The molecular weight excluding hydrogens is 461 g/mol. The highest BCUT2D eigenvalue weighted by Gasteiger charge is 2.32. The van der Waals surface area contributed by atoms with Crippen molar-refractivity contribution in [3.8, 4) is 22.5 Å². The lowest BCUT2D eigenvalue weighted by Gasteiger charge is -2.20. The van der Waals surface area contributed by atoms with Crippen molar-refractivity contribution >= 4 is 22.8 Å². The number of aliphatic hydroxyl groups is 1. The Hall–Kier alpha value is -4.01. The van der Waals surface area contributed by atoms with Crippen LogP contribution in [0.1, 0.15) is 39.1 Å². The maximum absolute atomic E-state index is 13.5. The van der Waals surface area contributed by atoms with Crippen molar-refractivity contribution in [1.29, 1.82) is 0 Å². The summed E-state index contributed by atoms with van der Waals surface area (Å²) < 4.78 is 19.5. The van der Waals surface area contributed by atoms with Gasteiger partial charge >= 0.3 is 0 Å². The molecule has 0 radical (unpaired) electrons. The van der Waals surface area contributed by atoms with Crippen LogP contribution in [-0.4, -0.2) is 41.6 Å². The first-order valence-corrected chi connectivity index (χ1v) is 11.7. The number of fused-ring (bicyclic) bond motifs is 1. The highest BCUT2D eigenvalue weighted by atomic mass is 19.1. The lowest BCUT2D eigenvalue weighted by molar-refractivity contribution is 0.0531. The van der Waals surface area contributed by atoms with Gasteiger partial charge in [-0.15, -0.1) is 0 Å².